The summed E-state index contributed by atoms with van der Waals surface area (Å²) in [6.07, 6.45) is 64.7. The van der Waals surface area contributed by atoms with Gasteiger partial charge in [0.25, 0.3) is 0 Å². The minimum Gasteiger partial charge on any atom is -0.466 e. The van der Waals surface area contributed by atoms with Gasteiger partial charge in [-0.2, -0.15) is 0 Å². The second kappa shape index (κ2) is 54.0. The van der Waals surface area contributed by atoms with Gasteiger partial charge in [0, 0.05) is 12.8 Å². The highest BCUT2D eigenvalue weighted by Crippen LogP contribution is 2.17. The fraction of sp³-hybridized carbons (Fsp3) is 0.897. The molecule has 378 valence electrons. The van der Waals surface area contributed by atoms with Gasteiger partial charge in [0.2, 0.25) is 5.91 Å². The maximum atomic E-state index is 12.4. The van der Waals surface area contributed by atoms with E-state index in [1.165, 1.54) is 225 Å². The molecule has 0 aromatic rings. The second-order valence-corrected chi connectivity index (χ2v) is 19.6. The van der Waals surface area contributed by atoms with Crippen molar-refractivity contribution >= 4 is 11.9 Å². The molecule has 0 saturated heterocycles. The molecule has 6 nitrogen and oxygen atoms in total. The van der Waals surface area contributed by atoms with Gasteiger partial charge in [-0.1, -0.05) is 269 Å². The number of hydrogen-bond acceptors (Lipinski definition) is 5. The Bertz CT molecular complexity index is 997. The number of aliphatic hydroxyl groups is 2. The van der Waals surface area contributed by atoms with E-state index in [9.17, 15) is 19.8 Å². The maximum Gasteiger partial charge on any atom is 0.305 e. The van der Waals surface area contributed by atoms with Crippen molar-refractivity contribution in [3.63, 3.8) is 0 Å². The Hall–Kier alpha value is -1.66. The predicted molar refractivity (Wildman–Crippen MR) is 278 cm³/mol. The highest BCUT2D eigenvalue weighted by atomic mass is 16.5. The fourth-order valence-corrected chi connectivity index (χ4v) is 8.83. The molecule has 2 atom stereocenters. The maximum absolute atomic E-state index is 12.4. The van der Waals surface area contributed by atoms with Gasteiger partial charge in [-0.15, -0.1) is 0 Å². The highest BCUT2D eigenvalue weighted by Gasteiger charge is 2.20. The van der Waals surface area contributed by atoms with Crippen LogP contribution >= 0.6 is 0 Å². The molecule has 0 aromatic heterocycles. The number of esters is 1. The average Bonchev–Trinajstić information content (AvgIpc) is 3.29. The molecule has 0 aliphatic carbocycles. The number of ether oxygens (including phenoxy) is 1. The summed E-state index contributed by atoms with van der Waals surface area (Å²) in [5, 5.41) is 23.1. The predicted octanol–water partition coefficient (Wildman–Crippen LogP) is 17.5. The lowest BCUT2D eigenvalue weighted by molar-refractivity contribution is -0.143. The standard InChI is InChI=1S/C58H111NO5/c1-3-5-7-9-11-13-14-15-29-32-36-40-44-48-52-58(63)64-53-49-45-41-37-33-30-27-25-23-21-19-17-16-18-20-22-24-26-28-31-35-39-43-47-51-57(62)59-55(54-60)56(61)50-46-42-38-34-12-10-8-6-4-2/h9,11,14-15,55-56,60-61H,3-8,10,12-13,16-54H2,1-2H3,(H,59,62)/b11-9-,15-14-. The zero-order valence-corrected chi connectivity index (χ0v) is 43.0. The molecule has 0 saturated carbocycles. The van der Waals surface area contributed by atoms with Crippen LogP contribution in [0, 0.1) is 0 Å². The molecule has 0 spiro atoms. The van der Waals surface area contributed by atoms with E-state index >= 15 is 0 Å². The van der Waals surface area contributed by atoms with Crippen LogP contribution in [-0.2, 0) is 14.3 Å². The normalized spacial score (nSPS) is 12.8. The van der Waals surface area contributed by atoms with Crippen molar-refractivity contribution in [1.29, 1.82) is 0 Å². The first-order valence-corrected chi connectivity index (χ1v) is 28.6. The topological polar surface area (TPSA) is 95.9 Å². The Morgan fingerprint density at radius 1 is 0.438 bits per heavy atom. The van der Waals surface area contributed by atoms with Gasteiger partial charge in [0.1, 0.15) is 0 Å². The van der Waals surface area contributed by atoms with Crippen molar-refractivity contribution < 1.29 is 24.5 Å². The van der Waals surface area contributed by atoms with Crippen LogP contribution in [0.25, 0.3) is 0 Å². The summed E-state index contributed by atoms with van der Waals surface area (Å²) in [6, 6.07) is -0.538. The first-order valence-electron chi connectivity index (χ1n) is 28.6. The molecule has 6 heteroatoms. The Labute approximate surface area is 399 Å². The minimum atomic E-state index is -0.661. The van der Waals surface area contributed by atoms with Crippen LogP contribution in [0.2, 0.25) is 0 Å². The third kappa shape index (κ3) is 49.8. The summed E-state index contributed by atoms with van der Waals surface area (Å²) in [5.74, 6) is -0.0352. The Morgan fingerprint density at radius 3 is 1.23 bits per heavy atom. The molecule has 0 bridgehead atoms. The van der Waals surface area contributed by atoms with Gasteiger partial charge in [0.15, 0.2) is 0 Å². The van der Waals surface area contributed by atoms with E-state index in [1.54, 1.807) is 0 Å². The number of rotatable bonds is 53. The van der Waals surface area contributed by atoms with Gasteiger partial charge in [-0.25, -0.2) is 0 Å². The molecule has 0 radical (unpaired) electrons. The molecule has 64 heavy (non-hydrogen) atoms. The third-order valence-electron chi connectivity index (χ3n) is 13.3. The molecule has 2 unspecified atom stereocenters. The largest absolute Gasteiger partial charge is 0.466 e. The Balaban J connectivity index is 3.34. The lowest BCUT2D eigenvalue weighted by Gasteiger charge is -2.22. The first-order chi connectivity index (χ1) is 31.5. The van der Waals surface area contributed by atoms with Gasteiger partial charge >= 0.3 is 5.97 Å². The summed E-state index contributed by atoms with van der Waals surface area (Å²) < 4.78 is 5.47. The van der Waals surface area contributed by atoms with Crippen molar-refractivity contribution in [2.24, 2.45) is 0 Å². The van der Waals surface area contributed by atoms with Crippen molar-refractivity contribution in [2.45, 2.75) is 321 Å². The number of carbonyl (C=O) groups excluding carboxylic acids is 2. The quantitative estimate of drug-likeness (QED) is 0.0321. The molecule has 0 aromatic carbocycles. The minimum absolute atomic E-state index is 0.000660. The lowest BCUT2D eigenvalue weighted by atomic mass is 10.0. The summed E-state index contributed by atoms with van der Waals surface area (Å²) in [5.41, 5.74) is 0. The number of carbonyl (C=O) groups is 2. The van der Waals surface area contributed by atoms with E-state index < -0.39 is 12.1 Å². The third-order valence-corrected chi connectivity index (χ3v) is 13.3. The van der Waals surface area contributed by atoms with Crippen LogP contribution < -0.4 is 5.32 Å². The molecule has 1 amide bonds. The molecule has 0 heterocycles. The summed E-state index contributed by atoms with van der Waals surface area (Å²) >= 11 is 0. The number of hydrogen-bond donors (Lipinski definition) is 3. The van der Waals surface area contributed by atoms with Crippen molar-refractivity contribution in [2.75, 3.05) is 13.2 Å². The van der Waals surface area contributed by atoms with Crippen molar-refractivity contribution in [3.05, 3.63) is 24.3 Å². The molecule has 0 aliphatic heterocycles. The fourth-order valence-electron chi connectivity index (χ4n) is 8.83. The van der Waals surface area contributed by atoms with E-state index in [2.05, 4.69) is 43.5 Å². The smallest absolute Gasteiger partial charge is 0.305 e. The number of amides is 1. The lowest BCUT2D eigenvalue weighted by Crippen LogP contribution is -2.45. The number of aliphatic hydroxyl groups excluding tert-OH is 2. The van der Waals surface area contributed by atoms with Gasteiger partial charge in [-0.05, 0) is 51.4 Å². The SMILES string of the molecule is CCCC/C=C\C/C=C\CCCCCCCC(=O)OCCCCCCCCCCCCCCCCCCCCCCCCCCC(=O)NC(CO)C(O)CCCCCCCCCCC. The number of nitrogens with one attached hydrogen (secondary N) is 1. The van der Waals surface area contributed by atoms with E-state index in [1.807, 2.05) is 0 Å². The number of unbranched alkanes of at least 4 members (excludes halogenated alkanes) is 38. The molecule has 0 rings (SSSR count). The van der Waals surface area contributed by atoms with Gasteiger partial charge in [0.05, 0.1) is 25.4 Å². The van der Waals surface area contributed by atoms with Crippen LogP contribution in [0.3, 0.4) is 0 Å². The van der Waals surface area contributed by atoms with Crippen LogP contribution in [0.5, 0.6) is 0 Å². The monoisotopic (exact) mass is 902 g/mol. The summed E-state index contributed by atoms with van der Waals surface area (Å²) in [6.45, 7) is 4.89. The van der Waals surface area contributed by atoms with Crippen LogP contribution in [0.1, 0.15) is 309 Å². The van der Waals surface area contributed by atoms with Crippen LogP contribution in [0.15, 0.2) is 24.3 Å². The Kier molecular flexibility index (Phi) is 52.6. The molecular formula is C58H111NO5. The Morgan fingerprint density at radius 2 is 0.797 bits per heavy atom. The van der Waals surface area contributed by atoms with E-state index in [4.69, 9.17) is 4.74 Å². The van der Waals surface area contributed by atoms with E-state index in [0.717, 1.165) is 51.4 Å². The molecule has 0 fully saturated rings. The van der Waals surface area contributed by atoms with Crippen molar-refractivity contribution in [3.8, 4) is 0 Å². The summed E-state index contributed by atoms with van der Waals surface area (Å²) in [7, 11) is 0. The number of allylic oxidation sites excluding steroid dienone is 4. The average molecular weight is 903 g/mol. The van der Waals surface area contributed by atoms with E-state index in [-0.39, 0.29) is 18.5 Å². The summed E-state index contributed by atoms with van der Waals surface area (Å²) in [4.78, 5) is 24.4. The zero-order valence-electron chi connectivity index (χ0n) is 43.0. The van der Waals surface area contributed by atoms with Crippen molar-refractivity contribution in [1.82, 2.24) is 5.32 Å². The zero-order chi connectivity index (χ0) is 46.5. The first kappa shape index (κ1) is 62.3. The highest BCUT2D eigenvalue weighted by molar-refractivity contribution is 5.76. The van der Waals surface area contributed by atoms with Crippen LogP contribution in [0.4, 0.5) is 0 Å². The van der Waals surface area contributed by atoms with Gasteiger partial charge < -0.3 is 20.3 Å². The van der Waals surface area contributed by atoms with Gasteiger partial charge in [-0.3, -0.25) is 9.59 Å². The molecule has 0 aliphatic rings. The second-order valence-electron chi connectivity index (χ2n) is 19.6. The van der Waals surface area contributed by atoms with E-state index in [0.29, 0.717) is 25.9 Å². The van der Waals surface area contributed by atoms with Crippen LogP contribution in [-0.4, -0.2) is 47.4 Å². The molecule has 3 N–H and O–H groups in total. The molecular weight excluding hydrogens is 791 g/mol.